The molecule has 0 saturated carbocycles. The van der Waals surface area contributed by atoms with Crippen LogP contribution in [0.3, 0.4) is 0 Å². The Hall–Kier alpha value is -1.96. The molecule has 2 aliphatic rings. The third-order valence-electron chi connectivity index (χ3n) is 5.33. The Morgan fingerprint density at radius 3 is 2.85 bits per heavy atom. The summed E-state index contributed by atoms with van der Waals surface area (Å²) in [5.74, 6) is -0.0884. The molecule has 2 aromatic rings. The normalized spacial score (nSPS) is 32.6. The van der Waals surface area contributed by atoms with Crippen molar-refractivity contribution in [3.63, 3.8) is 0 Å². The minimum absolute atomic E-state index is 0.00568. The quantitative estimate of drug-likeness (QED) is 0.389. The predicted octanol–water partition coefficient (Wildman–Crippen LogP) is 1.65. The summed E-state index contributed by atoms with van der Waals surface area (Å²) in [6, 6.07) is -0.795. The number of alkyl halides is 1. The van der Waals surface area contributed by atoms with E-state index >= 15 is 4.39 Å². The van der Waals surface area contributed by atoms with Gasteiger partial charge in [-0.05, 0) is 39.5 Å². The highest BCUT2D eigenvalue weighted by Crippen LogP contribution is 2.57. The van der Waals surface area contributed by atoms with Crippen LogP contribution in [0, 0.1) is 0 Å². The number of hydrogen-bond donors (Lipinski definition) is 3. The van der Waals surface area contributed by atoms with E-state index in [-0.39, 0.29) is 18.7 Å². The molecular formula is C18H27FN7O5PS. The lowest BCUT2D eigenvalue weighted by Crippen LogP contribution is -2.47. The molecule has 2 saturated heterocycles. The number of nitrogen functional groups attached to an aromatic ring is 1. The van der Waals surface area contributed by atoms with Crippen molar-refractivity contribution in [3.8, 4) is 0 Å². The van der Waals surface area contributed by atoms with Crippen LogP contribution in [0.25, 0.3) is 11.2 Å². The molecular weight excluding hydrogens is 476 g/mol. The Morgan fingerprint density at radius 1 is 1.45 bits per heavy atom. The van der Waals surface area contributed by atoms with Crippen molar-refractivity contribution in [3.05, 3.63) is 6.33 Å². The Bertz CT molecular complexity index is 1120. The summed E-state index contributed by atoms with van der Waals surface area (Å²) >= 11 is 5.52. The fourth-order valence-electron chi connectivity index (χ4n) is 3.83. The second-order valence-electron chi connectivity index (χ2n) is 8.34. The van der Waals surface area contributed by atoms with Crippen molar-refractivity contribution in [2.75, 3.05) is 24.7 Å². The van der Waals surface area contributed by atoms with Gasteiger partial charge < -0.3 is 29.6 Å². The molecule has 6 atom stereocenters. The molecule has 4 rings (SSSR count). The van der Waals surface area contributed by atoms with Gasteiger partial charge in [-0.2, -0.15) is 9.97 Å². The molecule has 2 fully saturated rings. The molecule has 182 valence electrons. The highest BCUT2D eigenvalue weighted by atomic mass is 32.5. The summed E-state index contributed by atoms with van der Waals surface area (Å²) in [5, 5.41) is 5.77. The van der Waals surface area contributed by atoms with Gasteiger partial charge in [-0.25, -0.2) is 14.5 Å². The number of fused-ring (bicyclic) bond motifs is 2. The van der Waals surface area contributed by atoms with E-state index in [0.29, 0.717) is 17.0 Å². The minimum Gasteiger partial charge on any atom is -0.462 e. The van der Waals surface area contributed by atoms with Crippen molar-refractivity contribution in [1.82, 2.24) is 24.6 Å². The van der Waals surface area contributed by atoms with Gasteiger partial charge in [-0.3, -0.25) is 9.36 Å². The standard InChI is InChI=1S/C18H27FN7O5PS/c1-8(2)29-15(27)9(3)25-32(33)28-6-10-12(31-32)18(4,19)16(30-10)26-7-22-11-13(21-5)23-17(20)24-14(11)26/h7-10,12,16H,6H2,1-5H3,(H,25,33)(H3,20,21,23,24)/t9-,10?,12+,16+,18+,32?/m0/s1. The number of aromatic nitrogens is 4. The number of anilines is 2. The first kappa shape index (κ1) is 24.2. The molecule has 0 aliphatic carbocycles. The minimum atomic E-state index is -3.21. The molecule has 2 aromatic heterocycles. The Labute approximate surface area is 194 Å². The monoisotopic (exact) mass is 503 g/mol. The number of esters is 1. The summed E-state index contributed by atoms with van der Waals surface area (Å²) in [6.45, 7) is 3.21. The Balaban J connectivity index is 1.58. The van der Waals surface area contributed by atoms with E-state index in [1.165, 1.54) is 17.8 Å². The molecule has 0 radical (unpaired) electrons. The van der Waals surface area contributed by atoms with Gasteiger partial charge in [-0.1, -0.05) is 0 Å². The van der Waals surface area contributed by atoms with E-state index in [2.05, 4.69) is 25.4 Å². The number of nitrogens with two attached hydrogens (primary N) is 1. The first-order chi connectivity index (χ1) is 15.4. The van der Waals surface area contributed by atoms with E-state index in [1.807, 2.05) is 0 Å². The number of imidazole rings is 1. The fraction of sp³-hybridized carbons (Fsp3) is 0.667. The maximum atomic E-state index is 16.2. The maximum Gasteiger partial charge on any atom is 0.323 e. The average Bonchev–Trinajstić information content (AvgIpc) is 3.24. The summed E-state index contributed by atoms with van der Waals surface area (Å²) in [5.41, 5.74) is 4.50. The van der Waals surface area contributed by atoms with Crippen molar-refractivity contribution in [1.29, 1.82) is 0 Å². The van der Waals surface area contributed by atoms with Crippen molar-refractivity contribution in [2.45, 2.75) is 63.9 Å². The number of rotatable bonds is 6. The lowest BCUT2D eigenvalue weighted by Gasteiger charge is -2.37. The van der Waals surface area contributed by atoms with Gasteiger partial charge in [0.15, 0.2) is 28.9 Å². The average molecular weight is 503 g/mol. The number of nitrogens with zero attached hydrogens (tertiary/aromatic N) is 4. The smallest absolute Gasteiger partial charge is 0.323 e. The molecule has 15 heteroatoms. The van der Waals surface area contributed by atoms with E-state index in [0.717, 1.165) is 0 Å². The molecule has 4 N–H and O–H groups in total. The first-order valence-electron chi connectivity index (χ1n) is 10.4. The Kier molecular flexibility index (Phi) is 6.35. The SMILES string of the molecule is CNc1nc(N)nc2c1ncn2[C@@H]1OC2COP(=S)(N[C@@H](C)C(=O)OC(C)C)O[C@H]2[C@@]1(C)F. The van der Waals surface area contributed by atoms with Crippen LogP contribution in [0.4, 0.5) is 16.2 Å². The topological polar surface area (TPSA) is 148 Å². The highest BCUT2D eigenvalue weighted by Gasteiger charge is 2.60. The number of carbonyl (C=O) groups is 1. The molecule has 12 nitrogen and oxygen atoms in total. The Morgan fingerprint density at radius 2 is 2.18 bits per heavy atom. The van der Waals surface area contributed by atoms with Crippen molar-refractivity contribution < 1.29 is 27.7 Å². The molecule has 2 aliphatic heterocycles. The van der Waals surface area contributed by atoms with Gasteiger partial charge in [0.25, 0.3) is 6.64 Å². The molecule has 2 unspecified atom stereocenters. The van der Waals surface area contributed by atoms with Crippen LogP contribution in [0.5, 0.6) is 0 Å². The van der Waals surface area contributed by atoms with E-state index < -0.39 is 42.8 Å². The van der Waals surface area contributed by atoms with Crippen LogP contribution in [0.1, 0.15) is 33.9 Å². The largest absolute Gasteiger partial charge is 0.462 e. The zero-order chi connectivity index (χ0) is 24.1. The van der Waals surface area contributed by atoms with Gasteiger partial charge in [0.2, 0.25) is 5.95 Å². The molecule has 0 bridgehead atoms. The second kappa shape index (κ2) is 8.67. The fourth-order valence-corrected chi connectivity index (χ4v) is 6.53. The van der Waals surface area contributed by atoms with Crippen LogP contribution in [0.15, 0.2) is 6.33 Å². The van der Waals surface area contributed by atoms with Crippen LogP contribution < -0.4 is 16.1 Å². The number of halogens is 1. The molecule has 33 heavy (non-hydrogen) atoms. The highest BCUT2D eigenvalue weighted by molar-refractivity contribution is 8.09. The summed E-state index contributed by atoms with van der Waals surface area (Å²) in [6.07, 6.45) is -1.80. The number of ether oxygens (including phenoxy) is 2. The van der Waals surface area contributed by atoms with E-state index in [4.69, 9.17) is 36.1 Å². The third-order valence-corrected chi connectivity index (χ3v) is 7.91. The zero-order valence-corrected chi connectivity index (χ0v) is 20.5. The summed E-state index contributed by atoms with van der Waals surface area (Å²) in [4.78, 5) is 24.8. The van der Waals surface area contributed by atoms with Gasteiger partial charge in [0.05, 0.1) is 19.0 Å². The second-order valence-corrected chi connectivity index (χ2v) is 11.5. The van der Waals surface area contributed by atoms with Crippen LogP contribution in [-0.2, 0) is 35.1 Å². The zero-order valence-electron chi connectivity index (χ0n) is 18.8. The first-order valence-corrected chi connectivity index (χ1v) is 13.0. The lowest BCUT2D eigenvalue weighted by atomic mass is 9.98. The maximum absolute atomic E-state index is 16.2. The predicted molar refractivity (Wildman–Crippen MR) is 122 cm³/mol. The molecule has 0 aromatic carbocycles. The van der Waals surface area contributed by atoms with Crippen molar-refractivity contribution in [2.24, 2.45) is 0 Å². The van der Waals surface area contributed by atoms with E-state index in [9.17, 15) is 4.79 Å². The van der Waals surface area contributed by atoms with Crippen LogP contribution >= 0.6 is 6.64 Å². The van der Waals surface area contributed by atoms with Crippen LogP contribution in [-0.4, -0.2) is 69.2 Å². The van der Waals surface area contributed by atoms with E-state index in [1.54, 1.807) is 27.8 Å². The summed E-state index contributed by atoms with van der Waals surface area (Å²) in [7, 11) is 1.67. The van der Waals surface area contributed by atoms with Gasteiger partial charge >= 0.3 is 5.97 Å². The molecule has 0 spiro atoms. The lowest BCUT2D eigenvalue weighted by molar-refractivity contribution is -0.149. The number of carbonyl (C=O) groups excluding carboxylic acids is 1. The van der Waals surface area contributed by atoms with Gasteiger partial charge in [-0.15, -0.1) is 0 Å². The molecule has 0 amide bonds. The number of nitrogens with one attached hydrogen (secondary N) is 2. The third kappa shape index (κ3) is 4.43. The van der Waals surface area contributed by atoms with Gasteiger partial charge in [0, 0.05) is 7.05 Å². The van der Waals surface area contributed by atoms with Crippen LogP contribution in [0.2, 0.25) is 0 Å². The van der Waals surface area contributed by atoms with Gasteiger partial charge in [0.1, 0.15) is 18.2 Å². The number of hydrogen-bond acceptors (Lipinski definition) is 11. The molecule has 4 heterocycles. The van der Waals surface area contributed by atoms with Crippen molar-refractivity contribution >= 4 is 47.3 Å². The summed E-state index contributed by atoms with van der Waals surface area (Å²) < 4.78 is 40.5.